The van der Waals surface area contributed by atoms with E-state index in [1.165, 1.54) is 24.3 Å². The predicted molar refractivity (Wildman–Crippen MR) is 143 cm³/mol. The third-order valence-corrected chi connectivity index (χ3v) is 11.1. The van der Waals surface area contributed by atoms with Gasteiger partial charge in [-0.1, -0.05) is 17.7 Å². The van der Waals surface area contributed by atoms with Gasteiger partial charge in [-0.3, -0.25) is 0 Å². The van der Waals surface area contributed by atoms with Crippen LogP contribution in [-0.4, -0.2) is 21.6 Å². The van der Waals surface area contributed by atoms with Crippen molar-refractivity contribution in [1.29, 1.82) is 0 Å². The Kier molecular flexibility index (Phi) is 8.95. The molecule has 41 heavy (non-hydrogen) atoms. The van der Waals surface area contributed by atoms with Crippen LogP contribution in [0, 0.1) is 36.0 Å². The van der Waals surface area contributed by atoms with E-state index in [1.54, 1.807) is 69.3 Å². The van der Waals surface area contributed by atoms with Crippen molar-refractivity contribution < 1.29 is 43.5 Å². The fourth-order valence-electron chi connectivity index (χ4n) is 4.02. The zero-order valence-electron chi connectivity index (χ0n) is 22.1. The Bertz CT molecular complexity index is 1570. The second kappa shape index (κ2) is 12.1. The maximum atomic E-state index is 14.8. The Labute approximate surface area is 236 Å². The first kappa shape index (κ1) is 30.4. The van der Waals surface area contributed by atoms with E-state index in [9.17, 15) is 30.4 Å². The summed E-state index contributed by atoms with van der Waals surface area (Å²) in [6.45, 7) is 6.03. The van der Waals surface area contributed by atoms with Crippen LogP contribution in [0.3, 0.4) is 0 Å². The van der Waals surface area contributed by atoms with Crippen LogP contribution < -0.4 is 9.47 Å². The Morgan fingerprint density at radius 1 is 0.561 bits per heavy atom. The molecule has 0 fully saturated rings. The number of halogens is 5. The molecule has 0 amide bonds. The van der Waals surface area contributed by atoms with E-state index < -0.39 is 54.4 Å². The molecule has 12 heteroatoms. The van der Waals surface area contributed by atoms with Crippen molar-refractivity contribution in [3.8, 4) is 11.5 Å². The minimum absolute atomic E-state index is 0.237. The highest BCUT2D eigenvalue weighted by Gasteiger charge is 2.42. The summed E-state index contributed by atoms with van der Waals surface area (Å²) in [5.74, 6) is -11.5. The maximum Gasteiger partial charge on any atom is 0.313 e. The molecule has 0 aliphatic rings. The Balaban J connectivity index is 2.06. The minimum atomic E-state index is -5.66. The quantitative estimate of drug-likeness (QED) is 0.103. The van der Waals surface area contributed by atoms with Gasteiger partial charge in [-0.2, -0.15) is 8.42 Å². The number of ether oxygens (including phenoxy) is 2. The van der Waals surface area contributed by atoms with Crippen molar-refractivity contribution in [3.05, 3.63) is 107 Å². The summed E-state index contributed by atoms with van der Waals surface area (Å²) in [4.78, 5) is -1.35. The normalized spacial score (nSPS) is 12.3. The summed E-state index contributed by atoms with van der Waals surface area (Å²) in [5, 5.41) is 0. The fraction of sp³-hybridized carbons (Fsp3) is 0.172. The highest BCUT2D eigenvalue weighted by Crippen LogP contribution is 2.70. The summed E-state index contributed by atoms with van der Waals surface area (Å²) < 4.78 is 116. The lowest BCUT2D eigenvalue weighted by molar-refractivity contribution is 0.340. The first-order valence-electron chi connectivity index (χ1n) is 12.3. The standard InChI is InChI=1S/C29H25F5O5S2/c1-4-37-19-8-14-22(15-9-19)40(21-12-6-18(3)7-13-21,23-16-10-20(11-17-23)38-5-2)39-41(35,36)29-27(33)25(31)24(30)26(32)28(29)34/h6-17H,4-5H2,1-3H3. The van der Waals surface area contributed by atoms with E-state index in [1.807, 2.05) is 0 Å². The number of hydrogen-bond donors (Lipinski definition) is 0. The average Bonchev–Trinajstić information content (AvgIpc) is 2.95. The molecular formula is C29H25F5O5S2. The summed E-state index contributed by atoms with van der Waals surface area (Å²) in [5.41, 5.74) is 0.808. The first-order chi connectivity index (χ1) is 19.5. The van der Waals surface area contributed by atoms with E-state index in [2.05, 4.69) is 0 Å². The molecule has 4 rings (SSSR count). The van der Waals surface area contributed by atoms with Crippen LogP contribution in [0.5, 0.6) is 11.5 Å². The third-order valence-electron chi connectivity index (χ3n) is 5.90. The van der Waals surface area contributed by atoms with Gasteiger partial charge in [-0.05, 0) is 91.7 Å². The molecule has 5 nitrogen and oxygen atoms in total. The summed E-state index contributed by atoms with van der Waals surface area (Å²) in [6.07, 6.45) is 0. The monoisotopic (exact) mass is 612 g/mol. The molecule has 0 heterocycles. The molecule has 0 radical (unpaired) electrons. The lowest BCUT2D eigenvalue weighted by Gasteiger charge is -2.39. The van der Waals surface area contributed by atoms with Gasteiger partial charge < -0.3 is 9.47 Å². The van der Waals surface area contributed by atoms with E-state index in [-0.39, 0.29) is 14.7 Å². The smallest absolute Gasteiger partial charge is 0.313 e. The predicted octanol–water partition coefficient (Wildman–Crippen LogP) is 8.09. The van der Waals surface area contributed by atoms with Crippen molar-refractivity contribution in [3.63, 3.8) is 0 Å². The Morgan fingerprint density at radius 3 is 1.27 bits per heavy atom. The fourth-order valence-corrected chi connectivity index (χ4v) is 9.30. The molecule has 0 aliphatic heterocycles. The molecule has 0 spiro atoms. The zero-order valence-corrected chi connectivity index (χ0v) is 23.7. The molecule has 0 unspecified atom stereocenters. The number of hydrogen-bond acceptors (Lipinski definition) is 5. The number of rotatable bonds is 10. The summed E-state index contributed by atoms with van der Waals surface area (Å²) >= 11 is 0. The van der Waals surface area contributed by atoms with Crippen LogP contribution >= 0.6 is 10.3 Å². The molecule has 4 aromatic rings. The van der Waals surface area contributed by atoms with Gasteiger partial charge >= 0.3 is 10.1 Å². The lowest BCUT2D eigenvalue weighted by atomic mass is 10.2. The molecule has 0 N–H and O–H groups in total. The molecule has 0 saturated heterocycles. The highest BCUT2D eigenvalue weighted by molar-refractivity contribution is 8.33. The van der Waals surface area contributed by atoms with Crippen LogP contribution in [0.4, 0.5) is 22.0 Å². The van der Waals surface area contributed by atoms with Gasteiger partial charge in [0.25, 0.3) is 0 Å². The van der Waals surface area contributed by atoms with Crippen LogP contribution in [0.15, 0.2) is 92.4 Å². The van der Waals surface area contributed by atoms with Gasteiger partial charge in [-0.25, -0.2) is 25.6 Å². The SMILES string of the molecule is CCOc1ccc(S(OS(=O)(=O)c2c(F)c(F)c(F)c(F)c2F)(c2ccc(C)cc2)c2ccc(OCC)cc2)cc1. The van der Waals surface area contributed by atoms with E-state index in [4.69, 9.17) is 13.1 Å². The summed E-state index contributed by atoms with van der Waals surface area (Å²) in [6, 6.07) is 18.8. The van der Waals surface area contributed by atoms with Gasteiger partial charge in [-0.15, -0.1) is 0 Å². The van der Waals surface area contributed by atoms with E-state index in [0.29, 0.717) is 24.7 Å². The molecular weight excluding hydrogens is 587 g/mol. The minimum Gasteiger partial charge on any atom is -0.494 e. The summed E-state index contributed by atoms with van der Waals surface area (Å²) in [7, 11) is -9.12. The molecule has 0 atom stereocenters. The largest absolute Gasteiger partial charge is 0.494 e. The average molecular weight is 613 g/mol. The Morgan fingerprint density at radius 2 is 0.902 bits per heavy atom. The lowest BCUT2D eigenvalue weighted by Crippen LogP contribution is -2.19. The van der Waals surface area contributed by atoms with Crippen LogP contribution in [-0.2, 0) is 13.7 Å². The zero-order chi connectivity index (χ0) is 29.9. The molecule has 4 aromatic carbocycles. The van der Waals surface area contributed by atoms with Gasteiger partial charge in [0.2, 0.25) is 5.82 Å². The van der Waals surface area contributed by atoms with Crippen molar-refractivity contribution >= 4 is 20.4 Å². The van der Waals surface area contributed by atoms with E-state index >= 15 is 0 Å². The second-order valence-electron chi connectivity index (χ2n) is 8.60. The van der Waals surface area contributed by atoms with Crippen molar-refractivity contribution in [1.82, 2.24) is 0 Å². The van der Waals surface area contributed by atoms with Gasteiger partial charge in [0.1, 0.15) is 11.5 Å². The molecule has 0 bridgehead atoms. The van der Waals surface area contributed by atoms with Gasteiger partial charge in [0, 0.05) is 14.7 Å². The van der Waals surface area contributed by atoms with Crippen LogP contribution in [0.1, 0.15) is 19.4 Å². The first-order valence-corrected chi connectivity index (χ1v) is 15.3. The van der Waals surface area contributed by atoms with Gasteiger partial charge in [0.15, 0.2) is 28.2 Å². The number of aryl methyl sites for hydroxylation is 1. The van der Waals surface area contributed by atoms with Crippen molar-refractivity contribution in [2.45, 2.75) is 40.4 Å². The van der Waals surface area contributed by atoms with Crippen molar-refractivity contribution in [2.24, 2.45) is 0 Å². The van der Waals surface area contributed by atoms with E-state index in [0.717, 1.165) is 5.56 Å². The van der Waals surface area contributed by atoms with Crippen LogP contribution in [0.2, 0.25) is 0 Å². The molecule has 0 saturated carbocycles. The second-order valence-corrected chi connectivity index (χ2v) is 13.0. The third kappa shape index (κ3) is 5.77. The molecule has 0 aromatic heterocycles. The van der Waals surface area contributed by atoms with Crippen molar-refractivity contribution in [2.75, 3.05) is 13.2 Å². The van der Waals surface area contributed by atoms with Gasteiger partial charge in [0.05, 0.1) is 13.2 Å². The highest BCUT2D eigenvalue weighted by atomic mass is 32.3. The molecule has 0 aliphatic carbocycles. The van der Waals surface area contributed by atoms with Crippen LogP contribution in [0.25, 0.3) is 0 Å². The Hall–Kier alpha value is -3.61. The maximum absolute atomic E-state index is 14.8. The topological polar surface area (TPSA) is 61.8 Å². The number of benzene rings is 4. The molecule has 218 valence electrons.